The molecule has 0 spiro atoms. The molecule has 5 N–H and O–H groups in total. The highest BCUT2D eigenvalue weighted by molar-refractivity contribution is 6.08. The molecule has 4 rings (SSSR count). The van der Waals surface area contributed by atoms with Gasteiger partial charge < -0.3 is 31.3 Å². The normalized spacial score (nSPS) is 12.2. The minimum Gasteiger partial charge on any atom is -0.494 e. The van der Waals surface area contributed by atoms with Gasteiger partial charge in [0.05, 0.1) is 24.0 Å². The Hall–Kier alpha value is -5.00. The first-order chi connectivity index (χ1) is 18.3. The zero-order valence-corrected chi connectivity index (χ0v) is 21.0. The summed E-state index contributed by atoms with van der Waals surface area (Å²) < 4.78 is 5.55. The first-order valence-corrected chi connectivity index (χ1v) is 11.8. The maximum Gasteiger partial charge on any atom is 0.273 e. The molecule has 1 aliphatic carbocycles. The Kier molecular flexibility index (Phi) is 7.80. The van der Waals surface area contributed by atoms with E-state index in [1.54, 1.807) is 42.5 Å². The molecule has 0 aliphatic heterocycles. The highest BCUT2D eigenvalue weighted by Gasteiger charge is 2.30. The summed E-state index contributed by atoms with van der Waals surface area (Å²) >= 11 is 0. The SMILES string of the molecule is CNC(=O)c1ccc(NC(=O)c2cccc(Nc3cc(NC(=O)C4CC4)nnc3C(=O)NC)c2OC)cc1. The topological polar surface area (TPSA) is 163 Å². The van der Waals surface area contributed by atoms with Crippen molar-refractivity contribution in [3.8, 4) is 5.75 Å². The summed E-state index contributed by atoms with van der Waals surface area (Å²) in [4.78, 5) is 49.5. The van der Waals surface area contributed by atoms with Crippen LogP contribution in [-0.4, -0.2) is 55.0 Å². The molecule has 2 aromatic carbocycles. The molecular weight excluding hydrogens is 490 g/mol. The van der Waals surface area contributed by atoms with Gasteiger partial charge in [0, 0.05) is 37.3 Å². The molecule has 12 nitrogen and oxygen atoms in total. The number of hydrogen-bond acceptors (Lipinski definition) is 8. The summed E-state index contributed by atoms with van der Waals surface area (Å²) in [6.45, 7) is 0. The van der Waals surface area contributed by atoms with E-state index < -0.39 is 11.8 Å². The molecule has 0 saturated heterocycles. The van der Waals surface area contributed by atoms with Gasteiger partial charge in [-0.25, -0.2) is 0 Å². The summed E-state index contributed by atoms with van der Waals surface area (Å²) in [5, 5.41) is 21.6. The van der Waals surface area contributed by atoms with Crippen molar-refractivity contribution in [2.75, 3.05) is 37.2 Å². The Balaban J connectivity index is 1.60. The fourth-order valence-electron chi connectivity index (χ4n) is 3.63. The Labute approximate surface area is 218 Å². The number of para-hydroxylation sites is 1. The highest BCUT2D eigenvalue weighted by Crippen LogP contribution is 2.34. The number of hydrogen-bond donors (Lipinski definition) is 5. The van der Waals surface area contributed by atoms with Crippen LogP contribution in [0, 0.1) is 5.92 Å². The van der Waals surface area contributed by atoms with Crippen molar-refractivity contribution in [3.63, 3.8) is 0 Å². The van der Waals surface area contributed by atoms with Gasteiger partial charge in [-0.1, -0.05) is 6.07 Å². The Morgan fingerprint density at radius 2 is 1.55 bits per heavy atom. The number of nitrogens with zero attached hydrogens (tertiary/aromatic N) is 2. The fourth-order valence-corrected chi connectivity index (χ4v) is 3.63. The summed E-state index contributed by atoms with van der Waals surface area (Å²) in [7, 11) is 4.42. The minimum absolute atomic E-state index is 0.00923. The van der Waals surface area contributed by atoms with E-state index >= 15 is 0 Å². The molecule has 0 atom stereocenters. The second kappa shape index (κ2) is 11.4. The fraction of sp³-hybridized carbons (Fsp3) is 0.231. The van der Waals surface area contributed by atoms with Crippen LogP contribution in [0.5, 0.6) is 5.75 Å². The van der Waals surface area contributed by atoms with Crippen molar-refractivity contribution in [2.24, 2.45) is 5.92 Å². The van der Waals surface area contributed by atoms with Crippen molar-refractivity contribution in [2.45, 2.75) is 12.8 Å². The second-order valence-electron chi connectivity index (χ2n) is 8.46. The van der Waals surface area contributed by atoms with E-state index in [2.05, 4.69) is 36.8 Å². The number of amides is 4. The number of carbonyl (C=O) groups excluding carboxylic acids is 4. The lowest BCUT2D eigenvalue weighted by molar-refractivity contribution is -0.117. The minimum atomic E-state index is -0.492. The van der Waals surface area contributed by atoms with Crippen LogP contribution in [0.3, 0.4) is 0 Å². The zero-order chi connectivity index (χ0) is 27.2. The number of methoxy groups -OCH3 is 1. The molecule has 1 saturated carbocycles. The summed E-state index contributed by atoms with van der Waals surface area (Å²) in [5.74, 6) is -0.969. The second-order valence-corrected chi connectivity index (χ2v) is 8.46. The van der Waals surface area contributed by atoms with E-state index in [1.807, 2.05) is 0 Å². The van der Waals surface area contributed by atoms with E-state index in [-0.39, 0.29) is 46.2 Å². The summed E-state index contributed by atoms with van der Waals surface area (Å²) in [5.41, 5.74) is 1.79. The van der Waals surface area contributed by atoms with Gasteiger partial charge in [-0.2, -0.15) is 0 Å². The number of aromatic nitrogens is 2. The molecule has 1 fully saturated rings. The van der Waals surface area contributed by atoms with Crippen molar-refractivity contribution in [1.82, 2.24) is 20.8 Å². The maximum absolute atomic E-state index is 13.1. The van der Waals surface area contributed by atoms with Crippen LogP contribution in [-0.2, 0) is 4.79 Å². The van der Waals surface area contributed by atoms with Crippen LogP contribution in [0.2, 0.25) is 0 Å². The smallest absolute Gasteiger partial charge is 0.273 e. The summed E-state index contributed by atoms with van der Waals surface area (Å²) in [6.07, 6.45) is 1.65. The van der Waals surface area contributed by atoms with Crippen LogP contribution in [0.15, 0.2) is 48.5 Å². The average Bonchev–Trinajstić information content (AvgIpc) is 3.78. The van der Waals surface area contributed by atoms with Gasteiger partial charge in [0.2, 0.25) is 5.91 Å². The van der Waals surface area contributed by atoms with E-state index in [1.165, 1.54) is 27.3 Å². The van der Waals surface area contributed by atoms with Crippen LogP contribution < -0.4 is 31.3 Å². The van der Waals surface area contributed by atoms with Gasteiger partial charge in [-0.3, -0.25) is 19.2 Å². The molecule has 1 aromatic heterocycles. The molecule has 196 valence electrons. The lowest BCUT2D eigenvalue weighted by Gasteiger charge is -2.17. The first-order valence-electron chi connectivity index (χ1n) is 11.8. The third-order valence-corrected chi connectivity index (χ3v) is 5.80. The number of ether oxygens (including phenoxy) is 1. The average molecular weight is 518 g/mol. The van der Waals surface area contributed by atoms with Crippen molar-refractivity contribution in [1.29, 1.82) is 0 Å². The first kappa shape index (κ1) is 26.1. The monoisotopic (exact) mass is 517 g/mol. The lowest BCUT2D eigenvalue weighted by atomic mass is 10.1. The van der Waals surface area contributed by atoms with Crippen LogP contribution >= 0.6 is 0 Å². The molecule has 38 heavy (non-hydrogen) atoms. The van der Waals surface area contributed by atoms with Gasteiger partial charge in [-0.15, -0.1) is 10.2 Å². The maximum atomic E-state index is 13.1. The van der Waals surface area contributed by atoms with E-state index in [4.69, 9.17) is 4.74 Å². The number of nitrogens with one attached hydrogen (secondary N) is 5. The third-order valence-electron chi connectivity index (χ3n) is 5.80. The van der Waals surface area contributed by atoms with Crippen molar-refractivity contribution < 1.29 is 23.9 Å². The largest absolute Gasteiger partial charge is 0.494 e. The van der Waals surface area contributed by atoms with E-state index in [0.717, 1.165) is 12.8 Å². The van der Waals surface area contributed by atoms with E-state index in [0.29, 0.717) is 16.9 Å². The molecule has 4 amide bonds. The van der Waals surface area contributed by atoms with Crippen molar-refractivity contribution >= 4 is 46.5 Å². The molecule has 3 aromatic rings. The highest BCUT2D eigenvalue weighted by atomic mass is 16.5. The predicted molar refractivity (Wildman–Crippen MR) is 141 cm³/mol. The van der Waals surface area contributed by atoms with Gasteiger partial charge in [0.15, 0.2) is 17.3 Å². The number of benzene rings is 2. The van der Waals surface area contributed by atoms with Gasteiger partial charge >= 0.3 is 0 Å². The zero-order valence-electron chi connectivity index (χ0n) is 21.0. The van der Waals surface area contributed by atoms with Crippen molar-refractivity contribution in [3.05, 3.63) is 65.4 Å². The Morgan fingerprint density at radius 1 is 0.842 bits per heavy atom. The van der Waals surface area contributed by atoms with Crippen LogP contribution in [0.4, 0.5) is 22.9 Å². The molecule has 0 radical (unpaired) electrons. The molecule has 0 unspecified atom stereocenters. The Morgan fingerprint density at radius 3 is 2.18 bits per heavy atom. The van der Waals surface area contributed by atoms with Gasteiger partial charge in [0.25, 0.3) is 17.7 Å². The third kappa shape index (κ3) is 5.86. The summed E-state index contributed by atoms with van der Waals surface area (Å²) in [6, 6.07) is 12.8. The van der Waals surface area contributed by atoms with Gasteiger partial charge in [0.1, 0.15) is 0 Å². The molecule has 12 heteroatoms. The van der Waals surface area contributed by atoms with E-state index in [9.17, 15) is 19.2 Å². The molecule has 1 aliphatic rings. The number of anilines is 4. The number of carbonyl (C=O) groups is 4. The lowest BCUT2D eigenvalue weighted by Crippen LogP contribution is -2.22. The Bertz CT molecular complexity index is 1390. The molecular formula is C26H27N7O5. The van der Waals surface area contributed by atoms with Crippen LogP contribution in [0.25, 0.3) is 0 Å². The van der Waals surface area contributed by atoms with Crippen LogP contribution in [0.1, 0.15) is 44.0 Å². The van der Waals surface area contributed by atoms with Gasteiger partial charge in [-0.05, 0) is 49.2 Å². The number of rotatable bonds is 9. The predicted octanol–water partition coefficient (Wildman–Crippen LogP) is 2.55. The molecule has 0 bridgehead atoms. The standard InChI is InChI=1S/C26H27N7O5/c1-27-23(34)14-9-11-16(12-10-14)29-25(36)17-5-4-6-18(22(17)38-3)30-19-13-20(31-24(35)15-7-8-15)32-33-21(19)26(37)28-2/h4-6,9-13,15H,7-8H2,1-3H3,(H,27,34)(H,28,37)(H,29,36)(H2,30,31,32,35). The quantitative estimate of drug-likeness (QED) is 0.289. The molecule has 1 heterocycles.